The molecule has 0 radical (unpaired) electrons. The predicted molar refractivity (Wildman–Crippen MR) is 79.3 cm³/mol. The van der Waals surface area contributed by atoms with E-state index in [1.807, 2.05) is 6.33 Å². The lowest BCUT2D eigenvalue weighted by Crippen LogP contribution is -2.46. The predicted octanol–water partition coefficient (Wildman–Crippen LogP) is 1.70. The van der Waals surface area contributed by atoms with Crippen molar-refractivity contribution in [3.8, 4) is 0 Å². The van der Waals surface area contributed by atoms with Gasteiger partial charge in [-0.3, -0.25) is 0 Å². The van der Waals surface area contributed by atoms with Crippen LogP contribution >= 0.6 is 0 Å². The minimum atomic E-state index is 0.646. The van der Waals surface area contributed by atoms with Crippen molar-refractivity contribution >= 4 is 0 Å². The van der Waals surface area contributed by atoms with Crippen LogP contribution in [0.5, 0.6) is 0 Å². The number of rotatable bonds is 5. The normalized spacial score (nSPS) is 30.8. The number of hydrogen-bond donors (Lipinski definition) is 2. The SMILES string of the molecule is CCn1cnnc1CNC1CCCC1C1CCCCN1. The molecule has 1 aromatic heterocycles. The van der Waals surface area contributed by atoms with Gasteiger partial charge >= 0.3 is 0 Å². The number of piperidine rings is 1. The van der Waals surface area contributed by atoms with E-state index in [1.54, 1.807) is 0 Å². The number of hydrogen-bond acceptors (Lipinski definition) is 4. The van der Waals surface area contributed by atoms with Gasteiger partial charge in [-0.25, -0.2) is 0 Å². The van der Waals surface area contributed by atoms with Gasteiger partial charge < -0.3 is 15.2 Å². The second-order valence-corrected chi connectivity index (χ2v) is 6.17. The zero-order valence-corrected chi connectivity index (χ0v) is 12.5. The molecule has 1 aliphatic heterocycles. The van der Waals surface area contributed by atoms with Crippen LogP contribution in [-0.4, -0.2) is 33.4 Å². The molecular formula is C15H27N5. The maximum atomic E-state index is 4.22. The number of nitrogens with zero attached hydrogens (tertiary/aromatic N) is 3. The van der Waals surface area contributed by atoms with Crippen molar-refractivity contribution in [1.82, 2.24) is 25.4 Å². The fraction of sp³-hybridized carbons (Fsp3) is 0.867. The molecule has 0 amide bonds. The second kappa shape index (κ2) is 6.68. The molecule has 1 aliphatic carbocycles. The lowest BCUT2D eigenvalue weighted by atomic mass is 9.88. The van der Waals surface area contributed by atoms with Gasteiger partial charge in [-0.15, -0.1) is 10.2 Å². The molecule has 0 spiro atoms. The van der Waals surface area contributed by atoms with Gasteiger partial charge in [-0.2, -0.15) is 0 Å². The molecule has 2 aliphatic rings. The molecule has 1 aromatic rings. The van der Waals surface area contributed by atoms with Crippen molar-refractivity contribution in [2.75, 3.05) is 6.54 Å². The van der Waals surface area contributed by atoms with Crippen molar-refractivity contribution in [2.24, 2.45) is 5.92 Å². The van der Waals surface area contributed by atoms with E-state index in [-0.39, 0.29) is 0 Å². The Hall–Kier alpha value is -0.940. The lowest BCUT2D eigenvalue weighted by Gasteiger charge is -2.33. The van der Waals surface area contributed by atoms with Crippen molar-refractivity contribution < 1.29 is 0 Å². The average Bonchev–Trinajstić information content (AvgIpc) is 3.14. The van der Waals surface area contributed by atoms with Crippen LogP contribution in [0.25, 0.3) is 0 Å². The van der Waals surface area contributed by atoms with E-state index in [1.165, 1.54) is 45.1 Å². The van der Waals surface area contributed by atoms with Crippen LogP contribution in [-0.2, 0) is 13.1 Å². The molecule has 0 aromatic carbocycles. The minimum absolute atomic E-state index is 0.646. The third-order valence-electron chi connectivity index (χ3n) is 4.99. The van der Waals surface area contributed by atoms with Crippen LogP contribution in [0.4, 0.5) is 0 Å². The molecule has 0 bridgehead atoms. The molecule has 2 fully saturated rings. The highest BCUT2D eigenvalue weighted by Crippen LogP contribution is 2.31. The summed E-state index contributed by atoms with van der Waals surface area (Å²) in [6.07, 6.45) is 9.96. The van der Waals surface area contributed by atoms with Crippen LogP contribution in [0.1, 0.15) is 51.3 Å². The van der Waals surface area contributed by atoms with Gasteiger partial charge in [0.2, 0.25) is 0 Å². The first kappa shape index (κ1) is 14.0. The summed E-state index contributed by atoms with van der Waals surface area (Å²) in [5.41, 5.74) is 0. The largest absolute Gasteiger partial charge is 0.317 e. The van der Waals surface area contributed by atoms with E-state index in [4.69, 9.17) is 0 Å². The van der Waals surface area contributed by atoms with Gasteiger partial charge in [0, 0.05) is 18.6 Å². The summed E-state index contributed by atoms with van der Waals surface area (Å²) in [5.74, 6) is 1.86. The fourth-order valence-corrected chi connectivity index (χ4v) is 3.87. The standard InChI is InChI=1S/C15H27N5/c1-2-20-11-18-19-15(20)10-17-14-8-5-6-12(14)13-7-3-4-9-16-13/h11-14,16-17H,2-10H2,1H3. The van der Waals surface area contributed by atoms with Crippen LogP contribution < -0.4 is 10.6 Å². The van der Waals surface area contributed by atoms with Crippen LogP contribution in [0.2, 0.25) is 0 Å². The molecule has 3 unspecified atom stereocenters. The molecule has 112 valence electrons. The zero-order chi connectivity index (χ0) is 13.8. The van der Waals surface area contributed by atoms with E-state index in [9.17, 15) is 0 Å². The molecule has 5 nitrogen and oxygen atoms in total. The van der Waals surface area contributed by atoms with Gasteiger partial charge in [0.15, 0.2) is 0 Å². The van der Waals surface area contributed by atoms with E-state index < -0.39 is 0 Å². The summed E-state index contributed by atoms with van der Waals surface area (Å²) in [7, 11) is 0. The van der Waals surface area contributed by atoms with Gasteiger partial charge in [-0.05, 0) is 45.1 Å². The molecule has 2 heterocycles. The molecule has 5 heteroatoms. The van der Waals surface area contributed by atoms with Crippen LogP contribution in [0.15, 0.2) is 6.33 Å². The first-order valence-electron chi connectivity index (χ1n) is 8.22. The highest BCUT2D eigenvalue weighted by Gasteiger charge is 2.33. The van der Waals surface area contributed by atoms with Crippen LogP contribution in [0, 0.1) is 5.92 Å². The van der Waals surface area contributed by atoms with Crippen molar-refractivity contribution in [2.45, 2.75) is 70.6 Å². The topological polar surface area (TPSA) is 54.8 Å². The first-order valence-corrected chi connectivity index (χ1v) is 8.22. The lowest BCUT2D eigenvalue weighted by molar-refractivity contribution is 0.255. The Kier molecular flexibility index (Phi) is 4.68. The average molecular weight is 277 g/mol. The first-order chi connectivity index (χ1) is 9.88. The van der Waals surface area contributed by atoms with E-state index in [0.29, 0.717) is 6.04 Å². The van der Waals surface area contributed by atoms with Gasteiger partial charge in [-0.1, -0.05) is 12.8 Å². The summed E-state index contributed by atoms with van der Waals surface area (Å²) in [5, 5.41) is 15.7. The Balaban J connectivity index is 1.56. The molecule has 2 N–H and O–H groups in total. The summed E-state index contributed by atoms with van der Waals surface area (Å²) < 4.78 is 2.12. The quantitative estimate of drug-likeness (QED) is 0.860. The summed E-state index contributed by atoms with van der Waals surface area (Å²) in [6.45, 7) is 5.14. The van der Waals surface area contributed by atoms with Gasteiger partial charge in [0.25, 0.3) is 0 Å². The van der Waals surface area contributed by atoms with Gasteiger partial charge in [0.05, 0.1) is 6.54 Å². The Labute approximate surface area is 121 Å². The third kappa shape index (κ3) is 3.04. The number of nitrogens with one attached hydrogen (secondary N) is 2. The highest BCUT2D eigenvalue weighted by atomic mass is 15.3. The molecular weight excluding hydrogens is 250 g/mol. The molecule has 1 saturated carbocycles. The minimum Gasteiger partial charge on any atom is -0.317 e. The van der Waals surface area contributed by atoms with Crippen molar-refractivity contribution in [3.05, 3.63) is 12.2 Å². The van der Waals surface area contributed by atoms with Crippen LogP contribution in [0.3, 0.4) is 0 Å². The van der Waals surface area contributed by atoms with E-state index >= 15 is 0 Å². The third-order valence-corrected chi connectivity index (χ3v) is 4.99. The Morgan fingerprint density at radius 2 is 2.25 bits per heavy atom. The zero-order valence-electron chi connectivity index (χ0n) is 12.5. The molecule has 1 saturated heterocycles. The van der Waals surface area contributed by atoms with E-state index in [0.717, 1.165) is 30.9 Å². The maximum absolute atomic E-state index is 4.22. The van der Waals surface area contributed by atoms with Crippen molar-refractivity contribution in [1.29, 1.82) is 0 Å². The summed E-state index contributed by atoms with van der Waals surface area (Å²) in [6, 6.07) is 1.38. The Bertz CT molecular complexity index is 410. The summed E-state index contributed by atoms with van der Waals surface area (Å²) >= 11 is 0. The molecule has 3 rings (SSSR count). The van der Waals surface area contributed by atoms with Crippen molar-refractivity contribution in [3.63, 3.8) is 0 Å². The molecule has 20 heavy (non-hydrogen) atoms. The smallest absolute Gasteiger partial charge is 0.146 e. The second-order valence-electron chi connectivity index (χ2n) is 6.17. The maximum Gasteiger partial charge on any atom is 0.146 e. The van der Waals surface area contributed by atoms with E-state index in [2.05, 4.69) is 32.3 Å². The number of aryl methyl sites for hydroxylation is 1. The summed E-state index contributed by atoms with van der Waals surface area (Å²) in [4.78, 5) is 0. The Morgan fingerprint density at radius 1 is 1.30 bits per heavy atom. The Morgan fingerprint density at radius 3 is 3.05 bits per heavy atom. The fourth-order valence-electron chi connectivity index (χ4n) is 3.87. The molecule has 3 atom stereocenters. The highest BCUT2D eigenvalue weighted by molar-refractivity contribution is 4.94. The van der Waals surface area contributed by atoms with Gasteiger partial charge in [0.1, 0.15) is 12.2 Å². The number of aromatic nitrogens is 3. The monoisotopic (exact) mass is 277 g/mol.